The molecule has 1 amide bonds. The van der Waals surface area contributed by atoms with E-state index in [1.807, 2.05) is 31.1 Å². The second kappa shape index (κ2) is 8.34. The van der Waals surface area contributed by atoms with Crippen molar-refractivity contribution in [3.63, 3.8) is 0 Å². The van der Waals surface area contributed by atoms with E-state index >= 15 is 0 Å². The molecule has 3 rings (SSSR count). The highest BCUT2D eigenvalue weighted by atomic mass is 35.5. The number of hydrogen-bond donors (Lipinski definition) is 1. The summed E-state index contributed by atoms with van der Waals surface area (Å²) >= 11 is 5.88. The molecular formula is C20H22ClN3O3S. The van der Waals surface area contributed by atoms with E-state index in [1.165, 1.54) is 18.3 Å². The van der Waals surface area contributed by atoms with Crippen molar-refractivity contribution < 1.29 is 13.2 Å². The predicted molar refractivity (Wildman–Crippen MR) is 110 cm³/mol. The van der Waals surface area contributed by atoms with E-state index in [1.54, 1.807) is 28.8 Å². The number of nitrogens with zero attached hydrogens (tertiary/aromatic N) is 2. The van der Waals surface area contributed by atoms with Crippen molar-refractivity contribution in [2.24, 2.45) is 0 Å². The van der Waals surface area contributed by atoms with E-state index in [0.29, 0.717) is 22.5 Å². The first-order valence-electron chi connectivity index (χ1n) is 8.79. The van der Waals surface area contributed by atoms with Gasteiger partial charge in [0.2, 0.25) is 15.7 Å². The molecule has 0 saturated carbocycles. The fraction of sp³-hybridized carbons (Fsp3) is 0.250. The van der Waals surface area contributed by atoms with Crippen LogP contribution in [0.2, 0.25) is 5.02 Å². The molecule has 0 bridgehead atoms. The number of hydrogen-bond acceptors (Lipinski definition) is 4. The minimum atomic E-state index is -3.74. The maximum absolute atomic E-state index is 13.1. The van der Waals surface area contributed by atoms with Crippen LogP contribution in [0.15, 0.2) is 64.5 Å². The number of carbonyl (C=O) groups is 1. The molecule has 8 heteroatoms. The molecule has 1 N–H and O–H groups in total. The molecule has 0 fully saturated rings. The van der Waals surface area contributed by atoms with Gasteiger partial charge in [0.15, 0.2) is 0 Å². The monoisotopic (exact) mass is 419 g/mol. The maximum atomic E-state index is 13.1. The molecule has 3 aromatic rings. The second-order valence-electron chi connectivity index (χ2n) is 6.75. The Hall–Kier alpha value is -2.35. The summed E-state index contributed by atoms with van der Waals surface area (Å²) in [7, 11) is 0.117. The van der Waals surface area contributed by atoms with Gasteiger partial charge in [-0.2, -0.15) is 0 Å². The van der Waals surface area contributed by atoms with Crippen LogP contribution in [-0.2, 0) is 21.2 Å². The highest BCUT2D eigenvalue weighted by Crippen LogP contribution is 2.30. The van der Waals surface area contributed by atoms with Crippen LogP contribution in [0.1, 0.15) is 0 Å². The standard InChI is InChI=1S/C20H22ClN3O3S/c1-23(2)12-11-22-20(25)14-24-13-19(17-5-3-4-6-18(17)24)28(26,27)16-9-7-15(21)8-10-16/h3-10,13H,11-12,14H2,1-2H3,(H,22,25). The zero-order valence-corrected chi connectivity index (χ0v) is 17.3. The molecule has 6 nitrogen and oxygen atoms in total. The van der Waals surface area contributed by atoms with Crippen molar-refractivity contribution in [1.29, 1.82) is 0 Å². The van der Waals surface area contributed by atoms with Crippen LogP contribution in [0.4, 0.5) is 0 Å². The third-order valence-corrected chi connectivity index (χ3v) is 6.41. The Bertz CT molecular complexity index is 1090. The SMILES string of the molecule is CN(C)CCNC(=O)Cn1cc(S(=O)(=O)c2ccc(Cl)cc2)c2ccccc21. The number of fused-ring (bicyclic) bond motifs is 1. The fourth-order valence-electron chi connectivity index (χ4n) is 2.93. The number of likely N-dealkylation sites (N-methyl/N-ethyl adjacent to an activating group) is 1. The lowest BCUT2D eigenvalue weighted by atomic mass is 10.2. The fourth-order valence-corrected chi connectivity index (χ4v) is 4.53. The molecule has 148 valence electrons. The highest BCUT2D eigenvalue weighted by molar-refractivity contribution is 7.91. The average Bonchev–Trinajstić information content (AvgIpc) is 3.01. The molecule has 1 aromatic heterocycles. The van der Waals surface area contributed by atoms with E-state index in [-0.39, 0.29) is 22.2 Å². The van der Waals surface area contributed by atoms with Gasteiger partial charge in [-0.1, -0.05) is 29.8 Å². The van der Waals surface area contributed by atoms with Gasteiger partial charge in [0.1, 0.15) is 6.54 Å². The van der Waals surface area contributed by atoms with Gasteiger partial charge in [-0.25, -0.2) is 8.42 Å². The minimum absolute atomic E-state index is 0.0457. The lowest BCUT2D eigenvalue weighted by Crippen LogP contribution is -2.33. The number of nitrogens with one attached hydrogen (secondary N) is 1. The third kappa shape index (κ3) is 4.38. The molecular weight excluding hydrogens is 398 g/mol. The van der Waals surface area contributed by atoms with Crippen LogP contribution in [0, 0.1) is 0 Å². The van der Waals surface area contributed by atoms with E-state index < -0.39 is 9.84 Å². The van der Waals surface area contributed by atoms with Gasteiger partial charge in [-0.15, -0.1) is 0 Å². The van der Waals surface area contributed by atoms with Crippen LogP contribution in [0.25, 0.3) is 10.9 Å². The van der Waals surface area contributed by atoms with E-state index in [0.717, 1.165) is 6.54 Å². The molecule has 2 aromatic carbocycles. The Morgan fingerprint density at radius 1 is 1.11 bits per heavy atom. The lowest BCUT2D eigenvalue weighted by molar-refractivity contribution is -0.121. The molecule has 0 aliphatic heterocycles. The Kier molecular flexibility index (Phi) is 6.07. The van der Waals surface area contributed by atoms with Gasteiger partial charge in [0.05, 0.1) is 9.79 Å². The molecule has 0 saturated heterocycles. The van der Waals surface area contributed by atoms with E-state index in [4.69, 9.17) is 11.6 Å². The van der Waals surface area contributed by atoms with Crippen LogP contribution in [0.5, 0.6) is 0 Å². The molecule has 1 heterocycles. The van der Waals surface area contributed by atoms with Gasteiger partial charge < -0.3 is 14.8 Å². The summed E-state index contributed by atoms with van der Waals surface area (Å²) in [6.45, 7) is 1.30. The van der Waals surface area contributed by atoms with Crippen molar-refractivity contribution in [3.05, 3.63) is 59.8 Å². The molecule has 0 aliphatic rings. The number of carbonyl (C=O) groups excluding carboxylic acids is 1. The Morgan fingerprint density at radius 3 is 2.46 bits per heavy atom. The second-order valence-corrected chi connectivity index (χ2v) is 9.10. The largest absolute Gasteiger partial charge is 0.353 e. The number of aromatic nitrogens is 1. The number of amides is 1. The number of para-hydroxylation sites is 1. The van der Waals surface area contributed by atoms with E-state index in [2.05, 4.69) is 5.32 Å². The van der Waals surface area contributed by atoms with Gasteiger partial charge >= 0.3 is 0 Å². The Balaban J connectivity index is 1.95. The van der Waals surface area contributed by atoms with E-state index in [9.17, 15) is 13.2 Å². The summed E-state index contributed by atoms with van der Waals surface area (Å²) in [5.41, 5.74) is 0.692. The zero-order chi connectivity index (χ0) is 20.3. The smallest absolute Gasteiger partial charge is 0.239 e. The van der Waals surface area contributed by atoms with Crippen LogP contribution in [0.3, 0.4) is 0 Å². The van der Waals surface area contributed by atoms with Gasteiger partial charge in [0, 0.05) is 35.2 Å². The Labute approximate surface area is 169 Å². The molecule has 0 unspecified atom stereocenters. The summed E-state index contributed by atoms with van der Waals surface area (Å²) in [5, 5.41) is 3.90. The third-order valence-electron chi connectivity index (χ3n) is 4.36. The van der Waals surface area contributed by atoms with Crippen LogP contribution < -0.4 is 5.32 Å². The maximum Gasteiger partial charge on any atom is 0.239 e. The minimum Gasteiger partial charge on any atom is -0.353 e. The molecule has 0 spiro atoms. The number of rotatable bonds is 7. The van der Waals surface area contributed by atoms with Gasteiger partial charge in [-0.3, -0.25) is 4.79 Å². The average molecular weight is 420 g/mol. The quantitative estimate of drug-likeness (QED) is 0.639. The lowest BCUT2D eigenvalue weighted by Gasteiger charge is -2.11. The van der Waals surface area contributed by atoms with Crippen molar-refractivity contribution in [2.75, 3.05) is 27.2 Å². The first-order chi connectivity index (χ1) is 13.3. The number of halogens is 1. The molecule has 0 atom stereocenters. The summed E-state index contributed by atoms with van der Waals surface area (Å²) in [5.74, 6) is -0.168. The molecule has 28 heavy (non-hydrogen) atoms. The molecule has 0 aliphatic carbocycles. The first-order valence-corrected chi connectivity index (χ1v) is 10.6. The summed E-state index contributed by atoms with van der Waals surface area (Å²) in [6, 6.07) is 13.2. The summed E-state index contributed by atoms with van der Waals surface area (Å²) < 4.78 is 28.0. The molecule has 0 radical (unpaired) electrons. The van der Waals surface area contributed by atoms with Crippen molar-refractivity contribution >= 4 is 38.2 Å². The number of benzene rings is 2. The number of sulfone groups is 1. The first kappa shape index (κ1) is 20.4. The van der Waals surface area contributed by atoms with Crippen LogP contribution in [-0.4, -0.2) is 51.0 Å². The van der Waals surface area contributed by atoms with Gasteiger partial charge in [-0.05, 0) is 44.4 Å². The topological polar surface area (TPSA) is 71.4 Å². The normalized spacial score (nSPS) is 11.9. The zero-order valence-electron chi connectivity index (χ0n) is 15.7. The summed E-state index contributed by atoms with van der Waals surface area (Å²) in [4.78, 5) is 14.6. The Morgan fingerprint density at radius 2 is 1.79 bits per heavy atom. The predicted octanol–water partition coefficient (Wildman–Crippen LogP) is 2.81. The van der Waals surface area contributed by atoms with Crippen molar-refractivity contribution in [3.8, 4) is 0 Å². The summed E-state index contributed by atoms with van der Waals surface area (Å²) in [6.07, 6.45) is 1.53. The van der Waals surface area contributed by atoms with Gasteiger partial charge in [0.25, 0.3) is 0 Å². The van der Waals surface area contributed by atoms with Crippen LogP contribution >= 0.6 is 11.6 Å². The highest BCUT2D eigenvalue weighted by Gasteiger charge is 2.23. The van der Waals surface area contributed by atoms with Crippen molar-refractivity contribution in [2.45, 2.75) is 16.3 Å². The van der Waals surface area contributed by atoms with Crippen molar-refractivity contribution in [1.82, 2.24) is 14.8 Å².